The molecule has 21 heavy (non-hydrogen) atoms. The Morgan fingerprint density at radius 3 is 2.43 bits per heavy atom. The molecule has 1 aromatic carbocycles. The van der Waals surface area contributed by atoms with Crippen molar-refractivity contribution in [3.8, 4) is 0 Å². The van der Waals surface area contributed by atoms with Crippen LogP contribution in [0.4, 0.5) is 18.9 Å². The van der Waals surface area contributed by atoms with Gasteiger partial charge in [0.05, 0.1) is 0 Å². The van der Waals surface area contributed by atoms with E-state index in [9.17, 15) is 23.1 Å². The highest BCUT2D eigenvalue weighted by molar-refractivity contribution is 5.93. The highest BCUT2D eigenvalue weighted by Gasteiger charge is 2.61. The quantitative estimate of drug-likeness (QED) is 0.781. The van der Waals surface area contributed by atoms with Crippen molar-refractivity contribution < 1.29 is 28.2 Å². The lowest BCUT2D eigenvalue weighted by Gasteiger charge is -2.34. The zero-order valence-corrected chi connectivity index (χ0v) is 11.3. The minimum absolute atomic E-state index is 0.0703. The molecule has 0 aromatic heterocycles. The number of aliphatic hydroxyl groups excluding tert-OH is 1. The molecule has 0 aliphatic carbocycles. The van der Waals surface area contributed by atoms with Gasteiger partial charge in [0.15, 0.2) is 0 Å². The fraction of sp³-hybridized carbons (Fsp3) is 0.357. The maximum Gasteiger partial charge on any atom is 0.426 e. The van der Waals surface area contributed by atoms with Gasteiger partial charge in [-0.3, -0.25) is 0 Å². The first-order valence-electron chi connectivity index (χ1n) is 6.23. The van der Waals surface area contributed by atoms with Crippen LogP contribution in [0.3, 0.4) is 0 Å². The molecule has 1 aliphatic heterocycles. The summed E-state index contributed by atoms with van der Waals surface area (Å²) >= 11 is 0. The number of aliphatic hydroxyl groups is 1. The third kappa shape index (κ3) is 2.32. The van der Waals surface area contributed by atoms with E-state index >= 15 is 0 Å². The van der Waals surface area contributed by atoms with E-state index < -0.39 is 23.4 Å². The van der Waals surface area contributed by atoms with Crippen molar-refractivity contribution in [3.63, 3.8) is 0 Å². The highest BCUT2D eigenvalue weighted by atomic mass is 19.4. The molecular formula is C14H14F3NO3. The molecule has 114 valence electrons. The largest absolute Gasteiger partial charge is 0.507 e. The number of anilines is 1. The fourth-order valence-electron chi connectivity index (χ4n) is 2.16. The maximum atomic E-state index is 13.1. The van der Waals surface area contributed by atoms with Crippen LogP contribution in [0.25, 0.3) is 5.76 Å². The Bertz CT molecular complexity index is 622. The Hall–Kier alpha value is -2.18. The standard InChI is InChI=1S/C14H14F3NO3/c1-7(2)8-3-4-10-9(5-8)11(19)6-13(18-10,12(20)21)14(15,16)17/h3-7,18-19H,1-2H3,(H,20,21). The molecule has 1 aliphatic rings. The Morgan fingerprint density at radius 2 is 1.95 bits per heavy atom. The molecule has 2 rings (SSSR count). The molecule has 0 amide bonds. The molecule has 0 fully saturated rings. The lowest BCUT2D eigenvalue weighted by molar-refractivity contribution is -0.187. The second-order valence-electron chi connectivity index (χ2n) is 5.23. The van der Waals surface area contributed by atoms with Crippen molar-refractivity contribution >= 4 is 17.4 Å². The fourth-order valence-corrected chi connectivity index (χ4v) is 2.16. The summed E-state index contributed by atoms with van der Waals surface area (Å²) in [6.45, 7) is 3.80. The summed E-state index contributed by atoms with van der Waals surface area (Å²) in [6, 6.07) is 4.48. The van der Waals surface area contributed by atoms with Gasteiger partial charge in [0, 0.05) is 17.3 Å². The number of carbonyl (C=O) groups is 1. The van der Waals surface area contributed by atoms with E-state index in [1.54, 1.807) is 12.1 Å². The number of fused-ring (bicyclic) bond motifs is 1. The molecule has 1 atom stereocenters. The number of nitrogens with one attached hydrogen (secondary N) is 1. The normalized spacial score (nSPS) is 21.5. The maximum absolute atomic E-state index is 13.1. The number of alkyl halides is 3. The number of carboxylic acid groups (broad SMARTS) is 1. The summed E-state index contributed by atoms with van der Waals surface area (Å²) in [4.78, 5) is 11.1. The zero-order valence-electron chi connectivity index (χ0n) is 11.3. The minimum Gasteiger partial charge on any atom is -0.507 e. The van der Waals surface area contributed by atoms with Crippen molar-refractivity contribution in [2.75, 3.05) is 5.32 Å². The van der Waals surface area contributed by atoms with Crippen molar-refractivity contribution in [1.29, 1.82) is 0 Å². The molecule has 1 heterocycles. The van der Waals surface area contributed by atoms with Crippen LogP contribution in [-0.2, 0) is 4.79 Å². The zero-order chi connectivity index (χ0) is 16.0. The van der Waals surface area contributed by atoms with Gasteiger partial charge in [-0.15, -0.1) is 0 Å². The average Bonchev–Trinajstić information content (AvgIpc) is 2.36. The number of hydrogen-bond donors (Lipinski definition) is 3. The summed E-state index contributed by atoms with van der Waals surface area (Å²) in [6.07, 6.45) is -4.80. The van der Waals surface area contributed by atoms with Crippen LogP contribution in [0.1, 0.15) is 30.9 Å². The first kappa shape index (κ1) is 15.2. The number of hydrogen-bond acceptors (Lipinski definition) is 3. The number of benzene rings is 1. The molecule has 3 N–H and O–H groups in total. The van der Waals surface area contributed by atoms with Crippen LogP contribution < -0.4 is 5.32 Å². The third-order valence-electron chi connectivity index (χ3n) is 3.46. The predicted molar refractivity (Wildman–Crippen MR) is 71.2 cm³/mol. The van der Waals surface area contributed by atoms with Crippen LogP contribution in [0.15, 0.2) is 24.3 Å². The van der Waals surface area contributed by atoms with Gasteiger partial charge in [-0.1, -0.05) is 19.9 Å². The van der Waals surface area contributed by atoms with Gasteiger partial charge < -0.3 is 15.5 Å². The van der Waals surface area contributed by atoms with Gasteiger partial charge in [0.2, 0.25) is 0 Å². The van der Waals surface area contributed by atoms with E-state index in [2.05, 4.69) is 0 Å². The first-order valence-corrected chi connectivity index (χ1v) is 6.23. The van der Waals surface area contributed by atoms with E-state index in [1.165, 1.54) is 6.07 Å². The lowest BCUT2D eigenvalue weighted by atomic mass is 9.89. The SMILES string of the molecule is CC(C)c1ccc2c(c1)C(O)=CC(C(=O)O)(C(F)(F)F)N2. The van der Waals surface area contributed by atoms with Crippen molar-refractivity contribution in [3.05, 3.63) is 35.4 Å². The van der Waals surface area contributed by atoms with Crippen molar-refractivity contribution in [1.82, 2.24) is 0 Å². The average molecular weight is 301 g/mol. The lowest BCUT2D eigenvalue weighted by Crippen LogP contribution is -2.57. The highest BCUT2D eigenvalue weighted by Crippen LogP contribution is 2.42. The number of rotatable bonds is 2. The molecule has 0 saturated carbocycles. The summed E-state index contributed by atoms with van der Waals surface area (Å²) in [5, 5.41) is 20.8. The molecule has 0 saturated heterocycles. The Balaban J connectivity index is 2.60. The number of aliphatic carboxylic acids is 1. The van der Waals surface area contributed by atoms with Gasteiger partial charge in [-0.25, -0.2) is 4.79 Å². The van der Waals surface area contributed by atoms with Crippen molar-refractivity contribution in [2.45, 2.75) is 31.5 Å². The Kier molecular flexibility index (Phi) is 3.39. The molecule has 7 heteroatoms. The molecule has 1 unspecified atom stereocenters. The molecule has 0 spiro atoms. The summed E-state index contributed by atoms with van der Waals surface area (Å²) in [5.74, 6) is -2.71. The second-order valence-corrected chi connectivity index (χ2v) is 5.23. The number of carboxylic acids is 1. The summed E-state index contributed by atoms with van der Waals surface area (Å²) < 4.78 is 39.4. The Labute approximate surface area is 118 Å². The van der Waals surface area contributed by atoms with Gasteiger partial charge in [0.25, 0.3) is 5.54 Å². The van der Waals surface area contributed by atoms with Gasteiger partial charge in [-0.05, 0) is 23.6 Å². The Morgan fingerprint density at radius 1 is 1.33 bits per heavy atom. The molecule has 4 nitrogen and oxygen atoms in total. The van der Waals surface area contributed by atoms with E-state index in [0.717, 1.165) is 5.56 Å². The van der Waals surface area contributed by atoms with E-state index in [1.807, 2.05) is 19.2 Å². The van der Waals surface area contributed by atoms with Crippen LogP contribution in [0.5, 0.6) is 0 Å². The molecule has 1 aromatic rings. The van der Waals surface area contributed by atoms with Crippen LogP contribution in [-0.4, -0.2) is 27.9 Å². The molecular weight excluding hydrogens is 287 g/mol. The van der Waals surface area contributed by atoms with Gasteiger partial charge in [-0.2, -0.15) is 13.2 Å². The summed E-state index contributed by atoms with van der Waals surface area (Å²) in [5.41, 5.74) is -2.42. The number of halogens is 3. The van der Waals surface area contributed by atoms with Crippen LogP contribution in [0, 0.1) is 0 Å². The van der Waals surface area contributed by atoms with E-state index in [4.69, 9.17) is 5.11 Å². The van der Waals surface area contributed by atoms with E-state index in [-0.39, 0.29) is 17.2 Å². The predicted octanol–water partition coefficient (Wildman–Crippen LogP) is 3.52. The van der Waals surface area contributed by atoms with Crippen LogP contribution in [0.2, 0.25) is 0 Å². The third-order valence-corrected chi connectivity index (χ3v) is 3.46. The van der Waals surface area contributed by atoms with E-state index in [0.29, 0.717) is 6.08 Å². The van der Waals surface area contributed by atoms with Gasteiger partial charge >= 0.3 is 12.1 Å². The molecule has 0 bridgehead atoms. The van der Waals surface area contributed by atoms with Crippen molar-refractivity contribution in [2.24, 2.45) is 0 Å². The minimum atomic E-state index is -5.10. The molecule has 0 radical (unpaired) electrons. The van der Waals surface area contributed by atoms with Gasteiger partial charge in [0.1, 0.15) is 5.76 Å². The van der Waals surface area contributed by atoms with Crippen LogP contribution >= 0.6 is 0 Å². The monoisotopic (exact) mass is 301 g/mol. The second kappa shape index (κ2) is 4.68. The smallest absolute Gasteiger partial charge is 0.426 e. The summed E-state index contributed by atoms with van der Waals surface area (Å²) in [7, 11) is 0. The topological polar surface area (TPSA) is 69.6 Å². The first-order chi connectivity index (χ1) is 9.58.